The molecule has 0 atom stereocenters. The Labute approximate surface area is 104 Å². The second-order valence-corrected chi connectivity index (χ2v) is 4.50. The summed E-state index contributed by atoms with van der Waals surface area (Å²) in [5.41, 5.74) is 0.983. The van der Waals surface area contributed by atoms with E-state index >= 15 is 0 Å². The van der Waals surface area contributed by atoms with Crippen LogP contribution >= 0.6 is 11.3 Å². The van der Waals surface area contributed by atoms with Gasteiger partial charge in [0.2, 0.25) is 0 Å². The second-order valence-electron chi connectivity index (χ2n) is 3.47. The van der Waals surface area contributed by atoms with Crippen LogP contribution in [0.15, 0.2) is 24.3 Å². The number of ether oxygens (including phenoxy) is 1. The molecule has 0 fully saturated rings. The highest BCUT2D eigenvalue weighted by Gasteiger charge is 2.04. The van der Waals surface area contributed by atoms with Crippen LogP contribution in [0, 0.1) is 0 Å². The van der Waals surface area contributed by atoms with Gasteiger partial charge in [0.1, 0.15) is 0 Å². The number of aromatic nitrogens is 1. The lowest BCUT2D eigenvalue weighted by Crippen LogP contribution is -2.11. The van der Waals surface area contributed by atoms with E-state index in [2.05, 4.69) is 10.3 Å². The molecule has 1 aromatic carbocycles. The fraction of sp³-hybridized carbons (Fsp3) is 0.333. The Morgan fingerprint density at radius 1 is 1.47 bits per heavy atom. The first-order valence-corrected chi connectivity index (χ1v) is 6.36. The van der Waals surface area contributed by atoms with Crippen LogP contribution in [0.4, 0.5) is 5.13 Å². The Morgan fingerprint density at radius 2 is 2.29 bits per heavy atom. The Kier molecular flexibility index (Phi) is 3.93. The van der Waals surface area contributed by atoms with E-state index in [4.69, 9.17) is 4.74 Å². The second kappa shape index (κ2) is 5.63. The fourth-order valence-electron chi connectivity index (χ4n) is 1.45. The summed E-state index contributed by atoms with van der Waals surface area (Å²) in [5, 5.41) is 3.97. The van der Waals surface area contributed by atoms with E-state index in [9.17, 15) is 4.79 Å². The maximum absolute atomic E-state index is 11.1. The van der Waals surface area contributed by atoms with Crippen molar-refractivity contribution in [3.8, 4) is 0 Å². The minimum Gasteiger partial charge on any atom is -0.466 e. The standard InChI is InChI=1S/C12H14N2O2S/c1-2-16-11(15)7-8-13-12-14-9-5-3-4-6-10(9)17-12/h3-6H,2,7-8H2,1H3,(H,13,14). The van der Waals surface area contributed by atoms with Crippen molar-refractivity contribution in [1.29, 1.82) is 0 Å². The van der Waals surface area contributed by atoms with E-state index in [0.29, 0.717) is 19.6 Å². The minimum absolute atomic E-state index is 0.180. The first-order valence-electron chi connectivity index (χ1n) is 5.54. The average Bonchev–Trinajstić information content (AvgIpc) is 2.71. The summed E-state index contributed by atoms with van der Waals surface area (Å²) in [7, 11) is 0. The molecule has 17 heavy (non-hydrogen) atoms. The van der Waals surface area contributed by atoms with Gasteiger partial charge >= 0.3 is 5.97 Å². The number of thiazole rings is 1. The first-order chi connectivity index (χ1) is 8.29. The van der Waals surface area contributed by atoms with Crippen LogP contribution in [-0.2, 0) is 9.53 Å². The number of carbonyl (C=O) groups is 1. The SMILES string of the molecule is CCOC(=O)CCNc1nc2ccccc2s1. The average molecular weight is 250 g/mol. The van der Waals surface area contributed by atoms with Gasteiger partial charge in [-0.05, 0) is 19.1 Å². The highest BCUT2D eigenvalue weighted by Crippen LogP contribution is 2.25. The molecule has 0 aliphatic carbocycles. The van der Waals surface area contributed by atoms with Gasteiger partial charge in [0, 0.05) is 6.54 Å². The van der Waals surface area contributed by atoms with Gasteiger partial charge in [-0.3, -0.25) is 4.79 Å². The molecule has 0 bridgehead atoms. The Morgan fingerprint density at radius 3 is 3.06 bits per heavy atom. The summed E-state index contributed by atoms with van der Waals surface area (Å²) >= 11 is 1.59. The van der Waals surface area contributed by atoms with Crippen LogP contribution in [0.25, 0.3) is 10.2 Å². The number of esters is 1. The third-order valence-corrected chi connectivity index (χ3v) is 3.20. The predicted molar refractivity (Wildman–Crippen MR) is 69.4 cm³/mol. The maximum atomic E-state index is 11.1. The van der Waals surface area contributed by atoms with E-state index in [1.807, 2.05) is 24.3 Å². The number of nitrogens with one attached hydrogen (secondary N) is 1. The number of nitrogens with zero attached hydrogens (tertiary/aromatic N) is 1. The molecule has 1 aromatic heterocycles. The van der Waals surface area contributed by atoms with Crippen LogP contribution in [0.3, 0.4) is 0 Å². The third-order valence-electron chi connectivity index (χ3n) is 2.20. The van der Waals surface area contributed by atoms with Crippen molar-refractivity contribution in [3.63, 3.8) is 0 Å². The highest BCUT2D eigenvalue weighted by atomic mass is 32.1. The van der Waals surface area contributed by atoms with E-state index in [1.165, 1.54) is 0 Å². The van der Waals surface area contributed by atoms with Crippen molar-refractivity contribution in [3.05, 3.63) is 24.3 Å². The highest BCUT2D eigenvalue weighted by molar-refractivity contribution is 7.22. The summed E-state index contributed by atoms with van der Waals surface area (Å²) in [6, 6.07) is 7.96. The predicted octanol–water partition coefficient (Wildman–Crippen LogP) is 2.66. The molecule has 0 amide bonds. The van der Waals surface area contributed by atoms with Crippen LogP contribution in [0.2, 0.25) is 0 Å². The summed E-state index contributed by atoms with van der Waals surface area (Å²) in [5.74, 6) is -0.180. The smallest absolute Gasteiger partial charge is 0.307 e. The zero-order chi connectivity index (χ0) is 12.1. The topological polar surface area (TPSA) is 51.2 Å². The van der Waals surface area contributed by atoms with Gasteiger partial charge in [-0.15, -0.1) is 0 Å². The molecule has 0 saturated heterocycles. The summed E-state index contributed by atoms with van der Waals surface area (Å²) in [6.07, 6.45) is 0.365. The lowest BCUT2D eigenvalue weighted by molar-refractivity contribution is -0.142. The number of benzene rings is 1. The molecule has 1 heterocycles. The molecule has 4 nitrogen and oxygen atoms in total. The van der Waals surface area contributed by atoms with E-state index < -0.39 is 0 Å². The number of anilines is 1. The molecule has 0 spiro atoms. The third kappa shape index (κ3) is 3.17. The summed E-state index contributed by atoms with van der Waals surface area (Å²) in [6.45, 7) is 2.79. The molecule has 1 N–H and O–H groups in total. The molecule has 0 unspecified atom stereocenters. The normalized spacial score (nSPS) is 10.4. The van der Waals surface area contributed by atoms with E-state index in [0.717, 1.165) is 15.3 Å². The molecule has 5 heteroatoms. The lowest BCUT2D eigenvalue weighted by Gasteiger charge is -2.02. The monoisotopic (exact) mass is 250 g/mol. The first kappa shape index (κ1) is 11.9. The number of rotatable bonds is 5. The van der Waals surface area contributed by atoms with E-state index in [1.54, 1.807) is 18.3 Å². The van der Waals surface area contributed by atoms with Gasteiger partial charge in [-0.2, -0.15) is 0 Å². The largest absolute Gasteiger partial charge is 0.466 e. The Bertz CT molecular complexity index is 477. The van der Waals surface area contributed by atoms with Gasteiger partial charge in [0.05, 0.1) is 23.2 Å². The number of carbonyl (C=O) groups excluding carboxylic acids is 1. The van der Waals surface area contributed by atoms with Crippen LogP contribution in [0.1, 0.15) is 13.3 Å². The molecule has 2 aromatic rings. The number of para-hydroxylation sites is 1. The number of fused-ring (bicyclic) bond motifs is 1. The van der Waals surface area contributed by atoms with Crippen LogP contribution in [0.5, 0.6) is 0 Å². The van der Waals surface area contributed by atoms with Crippen molar-refractivity contribution < 1.29 is 9.53 Å². The molecule has 0 radical (unpaired) electrons. The maximum Gasteiger partial charge on any atom is 0.307 e. The van der Waals surface area contributed by atoms with Crippen LogP contribution < -0.4 is 5.32 Å². The van der Waals surface area contributed by atoms with Gasteiger partial charge < -0.3 is 10.1 Å². The summed E-state index contributed by atoms with van der Waals surface area (Å²) in [4.78, 5) is 15.5. The van der Waals surface area contributed by atoms with Gasteiger partial charge in [0.15, 0.2) is 5.13 Å². The van der Waals surface area contributed by atoms with Gasteiger partial charge in [-0.25, -0.2) is 4.98 Å². The van der Waals surface area contributed by atoms with Gasteiger partial charge in [-0.1, -0.05) is 23.5 Å². The number of hydrogen-bond acceptors (Lipinski definition) is 5. The van der Waals surface area contributed by atoms with Crippen molar-refractivity contribution in [2.75, 3.05) is 18.5 Å². The van der Waals surface area contributed by atoms with E-state index in [-0.39, 0.29) is 5.97 Å². The fourth-order valence-corrected chi connectivity index (χ4v) is 2.34. The van der Waals surface area contributed by atoms with Gasteiger partial charge in [0.25, 0.3) is 0 Å². The number of hydrogen-bond donors (Lipinski definition) is 1. The lowest BCUT2D eigenvalue weighted by atomic mass is 10.3. The molecular weight excluding hydrogens is 236 g/mol. The quantitative estimate of drug-likeness (QED) is 0.829. The molecule has 0 saturated carbocycles. The molecule has 90 valence electrons. The summed E-state index contributed by atoms with van der Waals surface area (Å²) < 4.78 is 5.99. The molecule has 2 rings (SSSR count). The zero-order valence-corrected chi connectivity index (χ0v) is 10.4. The Balaban J connectivity index is 1.89. The van der Waals surface area contributed by atoms with Crippen molar-refractivity contribution in [2.45, 2.75) is 13.3 Å². The van der Waals surface area contributed by atoms with Crippen LogP contribution in [-0.4, -0.2) is 24.1 Å². The zero-order valence-electron chi connectivity index (χ0n) is 9.60. The molecular formula is C12H14N2O2S. The molecule has 0 aliphatic rings. The molecule has 0 aliphatic heterocycles. The Hall–Kier alpha value is -1.62. The van der Waals surface area contributed by atoms with Crippen molar-refractivity contribution >= 4 is 32.7 Å². The van der Waals surface area contributed by atoms with Crippen molar-refractivity contribution in [1.82, 2.24) is 4.98 Å². The minimum atomic E-state index is -0.180. The van der Waals surface area contributed by atoms with Crippen molar-refractivity contribution in [2.24, 2.45) is 0 Å².